The molecule has 1 amide bonds. The Bertz CT molecular complexity index is 1160. The van der Waals surface area contributed by atoms with Gasteiger partial charge in [0.1, 0.15) is 11.9 Å². The molecule has 0 spiro atoms. The van der Waals surface area contributed by atoms with Crippen LogP contribution in [0.5, 0.6) is 0 Å². The first-order valence-corrected chi connectivity index (χ1v) is 9.11. The van der Waals surface area contributed by atoms with Gasteiger partial charge >= 0.3 is 6.09 Å². The number of cyclic esters (lactones) is 1. The molecule has 156 valence electrons. The molecule has 0 bridgehead atoms. The van der Waals surface area contributed by atoms with Crippen molar-refractivity contribution in [3.63, 3.8) is 0 Å². The quantitative estimate of drug-likeness (QED) is 0.270. The third-order valence-electron chi connectivity index (χ3n) is 4.47. The number of benzene rings is 1. The van der Waals surface area contributed by atoms with E-state index in [0.717, 1.165) is 0 Å². The average molecular weight is 421 g/mol. The van der Waals surface area contributed by atoms with Crippen molar-refractivity contribution < 1.29 is 13.9 Å². The highest BCUT2D eigenvalue weighted by molar-refractivity contribution is 5.90. The molecule has 1 saturated heterocycles. The number of carbonyl (C=O) groups is 1. The van der Waals surface area contributed by atoms with E-state index in [9.17, 15) is 9.18 Å². The van der Waals surface area contributed by atoms with Crippen molar-refractivity contribution >= 4 is 17.7 Å². The number of hydrogen-bond donors (Lipinski definition) is 2. The number of pyridine rings is 1. The van der Waals surface area contributed by atoms with Crippen molar-refractivity contribution in [1.29, 1.82) is 5.26 Å². The van der Waals surface area contributed by atoms with Gasteiger partial charge in [-0.2, -0.15) is 15.5 Å². The summed E-state index contributed by atoms with van der Waals surface area (Å²) in [4.78, 5) is 23.0. The van der Waals surface area contributed by atoms with Crippen LogP contribution in [0.2, 0.25) is 0 Å². The van der Waals surface area contributed by atoms with E-state index < -0.39 is 18.0 Å². The van der Waals surface area contributed by atoms with Crippen LogP contribution in [0.3, 0.4) is 0 Å². The number of amides is 1. The minimum absolute atomic E-state index is 0.0737. The molecule has 12 heteroatoms. The molecule has 1 atom stereocenters. The van der Waals surface area contributed by atoms with Gasteiger partial charge in [0, 0.05) is 17.3 Å². The second-order valence-electron chi connectivity index (χ2n) is 6.47. The first-order valence-electron chi connectivity index (χ1n) is 9.11. The second-order valence-corrected chi connectivity index (χ2v) is 6.47. The van der Waals surface area contributed by atoms with E-state index >= 15 is 0 Å². The van der Waals surface area contributed by atoms with E-state index in [1.165, 1.54) is 34.4 Å². The van der Waals surface area contributed by atoms with E-state index in [1.807, 2.05) is 0 Å². The molecule has 0 radical (unpaired) electrons. The van der Waals surface area contributed by atoms with Gasteiger partial charge in [0.2, 0.25) is 5.96 Å². The van der Waals surface area contributed by atoms with Gasteiger partial charge in [-0.1, -0.05) is 0 Å². The van der Waals surface area contributed by atoms with Gasteiger partial charge in [0.05, 0.1) is 31.2 Å². The number of nitrogens with two attached hydrogens (primary N) is 1. The number of hydrogen-bond acceptors (Lipinski definition) is 7. The van der Waals surface area contributed by atoms with E-state index in [1.54, 1.807) is 30.5 Å². The minimum Gasteiger partial charge on any atom is -0.442 e. The maximum absolute atomic E-state index is 14.8. The number of aromatic nitrogens is 4. The topological polar surface area (TPSA) is 147 Å². The predicted octanol–water partition coefficient (Wildman–Crippen LogP) is 1.18. The lowest BCUT2D eigenvalue weighted by Gasteiger charge is -2.14. The maximum atomic E-state index is 14.8. The maximum Gasteiger partial charge on any atom is 0.414 e. The number of ether oxygens (including phenoxy) is 1. The van der Waals surface area contributed by atoms with Crippen molar-refractivity contribution in [1.82, 2.24) is 25.3 Å². The number of aliphatic imine (C=N–C) groups is 1. The Morgan fingerprint density at radius 1 is 1.35 bits per heavy atom. The van der Waals surface area contributed by atoms with Crippen molar-refractivity contribution in [2.75, 3.05) is 18.0 Å². The van der Waals surface area contributed by atoms with Gasteiger partial charge in [-0.05, 0) is 30.3 Å². The summed E-state index contributed by atoms with van der Waals surface area (Å²) in [6, 6.07) is 7.85. The molecule has 0 saturated carbocycles. The minimum atomic E-state index is -0.614. The highest BCUT2D eigenvalue weighted by Gasteiger charge is 2.32. The molecule has 1 fully saturated rings. The van der Waals surface area contributed by atoms with Crippen LogP contribution in [0.4, 0.5) is 14.9 Å². The monoisotopic (exact) mass is 421 g/mol. The molecule has 0 unspecified atom stereocenters. The molecule has 3 heterocycles. The zero-order valence-electron chi connectivity index (χ0n) is 16.0. The molecular formula is C19H16FN9O2. The molecule has 1 aromatic carbocycles. The molecule has 11 nitrogen and oxygen atoms in total. The molecule has 31 heavy (non-hydrogen) atoms. The fraction of sp³-hybridized carbons (Fsp3) is 0.158. The first-order chi connectivity index (χ1) is 15.0. The molecule has 3 aromatic rings. The fourth-order valence-electron chi connectivity index (χ4n) is 3.03. The highest BCUT2D eigenvalue weighted by atomic mass is 19.1. The van der Waals surface area contributed by atoms with Crippen LogP contribution in [0.15, 0.2) is 53.9 Å². The fourth-order valence-corrected chi connectivity index (χ4v) is 3.03. The van der Waals surface area contributed by atoms with Gasteiger partial charge < -0.3 is 10.5 Å². The SMILES string of the molecule is N#CNC(N)=NC[C@H]1CN(c2ccc(-c3ccc(-n4nccn4)nc3)c(F)c2)C(=O)O1. The Labute approximate surface area is 175 Å². The Morgan fingerprint density at radius 2 is 2.16 bits per heavy atom. The van der Waals surface area contributed by atoms with Crippen LogP contribution >= 0.6 is 0 Å². The number of carbonyl (C=O) groups excluding carboxylic acids is 1. The molecule has 2 aromatic heterocycles. The van der Waals surface area contributed by atoms with Gasteiger partial charge in [-0.25, -0.2) is 19.2 Å². The second kappa shape index (κ2) is 8.46. The summed E-state index contributed by atoms with van der Waals surface area (Å²) in [5.74, 6) is -0.0822. The lowest BCUT2D eigenvalue weighted by Crippen LogP contribution is -2.30. The zero-order chi connectivity index (χ0) is 21.8. The van der Waals surface area contributed by atoms with E-state index in [4.69, 9.17) is 15.7 Å². The number of nitrogens with one attached hydrogen (secondary N) is 1. The molecule has 1 aliphatic heterocycles. The van der Waals surface area contributed by atoms with Crippen LogP contribution in [0.25, 0.3) is 16.9 Å². The largest absolute Gasteiger partial charge is 0.442 e. The molecule has 4 rings (SSSR count). The van der Waals surface area contributed by atoms with Crippen LogP contribution in [-0.4, -0.2) is 51.2 Å². The Balaban J connectivity index is 1.48. The smallest absolute Gasteiger partial charge is 0.414 e. The lowest BCUT2D eigenvalue weighted by atomic mass is 10.1. The van der Waals surface area contributed by atoms with Crippen LogP contribution in [0.1, 0.15) is 0 Å². The van der Waals surface area contributed by atoms with Crippen LogP contribution < -0.4 is 16.0 Å². The molecule has 3 N–H and O–H groups in total. The highest BCUT2D eigenvalue weighted by Crippen LogP contribution is 2.29. The van der Waals surface area contributed by atoms with Crippen molar-refractivity contribution in [3.8, 4) is 23.1 Å². The number of anilines is 1. The van der Waals surface area contributed by atoms with E-state index in [2.05, 4.69) is 25.5 Å². The van der Waals surface area contributed by atoms with E-state index in [0.29, 0.717) is 22.6 Å². The molecular weight excluding hydrogens is 405 g/mol. The number of rotatable bonds is 5. The van der Waals surface area contributed by atoms with Gasteiger partial charge in [-0.15, -0.1) is 4.80 Å². The Morgan fingerprint density at radius 3 is 2.84 bits per heavy atom. The normalized spacial score (nSPS) is 16.1. The summed E-state index contributed by atoms with van der Waals surface area (Å²) in [6.07, 6.45) is 5.05. The number of halogens is 1. The summed E-state index contributed by atoms with van der Waals surface area (Å²) >= 11 is 0. The number of nitrogens with zero attached hydrogens (tertiary/aromatic N) is 7. The lowest BCUT2D eigenvalue weighted by molar-refractivity contribution is 0.145. The van der Waals surface area contributed by atoms with Crippen molar-refractivity contribution in [2.45, 2.75) is 6.10 Å². The number of nitriles is 1. The number of guanidine groups is 1. The predicted molar refractivity (Wildman–Crippen MR) is 107 cm³/mol. The summed E-state index contributed by atoms with van der Waals surface area (Å²) in [5.41, 5.74) is 6.72. The molecule has 1 aliphatic rings. The van der Waals surface area contributed by atoms with E-state index in [-0.39, 0.29) is 19.0 Å². The van der Waals surface area contributed by atoms with Gasteiger partial charge in [0.25, 0.3) is 0 Å². The molecule has 0 aliphatic carbocycles. The third-order valence-corrected chi connectivity index (χ3v) is 4.47. The third kappa shape index (κ3) is 4.25. The van der Waals surface area contributed by atoms with Crippen molar-refractivity contribution in [2.24, 2.45) is 10.7 Å². The van der Waals surface area contributed by atoms with Crippen LogP contribution in [-0.2, 0) is 4.74 Å². The Hall–Kier alpha value is -4.53. The summed E-state index contributed by atoms with van der Waals surface area (Å²) in [6.45, 7) is 0.251. The first kappa shape index (κ1) is 19.8. The van der Waals surface area contributed by atoms with Crippen molar-refractivity contribution in [3.05, 3.63) is 54.7 Å². The van der Waals surface area contributed by atoms with Crippen LogP contribution in [0, 0.1) is 17.3 Å². The summed E-state index contributed by atoms with van der Waals surface area (Å²) in [7, 11) is 0. The average Bonchev–Trinajstić information content (AvgIpc) is 3.43. The van der Waals surface area contributed by atoms with Gasteiger partial charge in [-0.3, -0.25) is 10.2 Å². The van der Waals surface area contributed by atoms with Gasteiger partial charge in [0.15, 0.2) is 12.0 Å². The summed E-state index contributed by atoms with van der Waals surface area (Å²) in [5, 5.41) is 18.7. The zero-order valence-corrected chi connectivity index (χ0v) is 16.0. The summed E-state index contributed by atoms with van der Waals surface area (Å²) < 4.78 is 20.0. The standard InChI is InChI=1S/C19H16FN9O2/c20-16-7-13(28-10-14(31-19(28)30)9-24-18(22)25-11-21)2-3-15(16)12-1-4-17(23-8-12)29-26-5-6-27-29/h1-8,14H,9-10H2,(H3,22,24,25)/t14-/m0/s1. The Kier molecular flexibility index (Phi) is 5.39.